The van der Waals surface area contributed by atoms with Crippen LogP contribution in [0.5, 0.6) is 0 Å². The summed E-state index contributed by atoms with van der Waals surface area (Å²) in [6.07, 6.45) is -10.0. The third-order valence-electron chi connectivity index (χ3n) is 0.982. The molecule has 0 N–H and O–H groups in total. The summed E-state index contributed by atoms with van der Waals surface area (Å²) < 4.78 is 73.4. The molecule has 1 radical (unpaired) electrons. The molecule has 0 aromatic heterocycles. The van der Waals surface area contributed by atoms with E-state index in [9.17, 15) is 31.1 Å². The number of ether oxygens (including phenoxy) is 1. The van der Waals surface area contributed by atoms with Crippen molar-refractivity contribution in [1.82, 2.24) is 0 Å². The number of rotatable bonds is 4. The van der Waals surface area contributed by atoms with Crippen molar-refractivity contribution in [3.05, 3.63) is 0 Å². The van der Waals surface area contributed by atoms with Gasteiger partial charge in [-0.25, -0.2) is 9.18 Å². The molecule has 0 aliphatic carbocycles. The second kappa shape index (κ2) is 3.84. The molecular formula is C5H3F6O2. The predicted octanol–water partition coefficient (Wildman–Crippen LogP) is 1.61. The van der Waals surface area contributed by atoms with Crippen LogP contribution in [-0.2, 0) is 9.53 Å². The predicted molar refractivity (Wildman–Crippen MR) is 27.5 cm³/mol. The first-order valence-electron chi connectivity index (χ1n) is 2.79. The molecule has 0 aliphatic heterocycles. The van der Waals surface area contributed by atoms with Crippen LogP contribution in [0.1, 0.15) is 0 Å². The van der Waals surface area contributed by atoms with Crippen LogP contribution in [0.25, 0.3) is 0 Å². The summed E-state index contributed by atoms with van der Waals surface area (Å²) in [7, 11) is 0. The van der Waals surface area contributed by atoms with Crippen LogP contribution in [-0.4, -0.2) is 31.3 Å². The maximum Gasteiger partial charge on any atom is 0.425 e. The number of halogens is 6. The fourth-order valence-corrected chi connectivity index (χ4v) is 0.438. The molecule has 13 heavy (non-hydrogen) atoms. The Morgan fingerprint density at radius 2 is 1.69 bits per heavy atom. The van der Waals surface area contributed by atoms with E-state index in [0.717, 1.165) is 0 Å². The Bertz CT molecular complexity index is 176. The molecule has 0 saturated carbocycles. The molecule has 77 valence electrons. The first kappa shape index (κ1) is 12.0. The van der Waals surface area contributed by atoms with Gasteiger partial charge in [-0.3, -0.25) is 0 Å². The van der Waals surface area contributed by atoms with Gasteiger partial charge in [-0.05, 0) is 0 Å². The van der Waals surface area contributed by atoms with E-state index >= 15 is 0 Å². The van der Waals surface area contributed by atoms with Crippen molar-refractivity contribution < 1.29 is 35.9 Å². The largest absolute Gasteiger partial charge is 0.451 e. The van der Waals surface area contributed by atoms with Crippen molar-refractivity contribution in [1.29, 1.82) is 0 Å². The van der Waals surface area contributed by atoms with Gasteiger partial charge in [0, 0.05) is 0 Å². The normalized spacial score (nSPS) is 15.2. The Hall–Kier alpha value is -0.950. The maximum atomic E-state index is 12.1. The van der Waals surface area contributed by atoms with E-state index in [0.29, 0.717) is 6.47 Å². The second-order valence-corrected chi connectivity index (χ2v) is 2.04. The molecule has 0 amide bonds. The molecule has 1 atom stereocenters. The Kier molecular flexibility index (Phi) is 3.56. The van der Waals surface area contributed by atoms with Crippen molar-refractivity contribution in [2.75, 3.05) is 6.61 Å². The van der Waals surface area contributed by atoms with Gasteiger partial charge < -0.3 is 4.74 Å². The monoisotopic (exact) mass is 209 g/mol. The molecule has 0 spiro atoms. The summed E-state index contributed by atoms with van der Waals surface area (Å²) >= 11 is 0. The third-order valence-corrected chi connectivity index (χ3v) is 0.982. The third kappa shape index (κ3) is 3.51. The lowest BCUT2D eigenvalue weighted by atomic mass is 10.2. The molecule has 0 aliphatic rings. The molecule has 0 bridgehead atoms. The van der Waals surface area contributed by atoms with Crippen molar-refractivity contribution in [3.8, 4) is 0 Å². The quantitative estimate of drug-likeness (QED) is 0.657. The first-order chi connectivity index (χ1) is 5.72. The van der Waals surface area contributed by atoms with Crippen LogP contribution < -0.4 is 0 Å². The lowest BCUT2D eigenvalue weighted by molar-refractivity contribution is -0.250. The minimum atomic E-state index is -5.68. The van der Waals surface area contributed by atoms with Gasteiger partial charge >= 0.3 is 18.6 Å². The topological polar surface area (TPSA) is 26.3 Å². The van der Waals surface area contributed by atoms with E-state index in [1.165, 1.54) is 0 Å². The highest BCUT2D eigenvalue weighted by atomic mass is 19.4. The second-order valence-electron chi connectivity index (χ2n) is 2.04. The zero-order valence-electron chi connectivity index (χ0n) is 5.87. The number of hydrogen-bond donors (Lipinski definition) is 0. The van der Waals surface area contributed by atoms with Crippen LogP contribution in [0.15, 0.2) is 0 Å². The van der Waals surface area contributed by atoms with Gasteiger partial charge in [-0.2, -0.15) is 22.0 Å². The summed E-state index contributed by atoms with van der Waals surface area (Å²) in [5.41, 5.74) is 0. The minimum absolute atomic E-state index is 0.466. The van der Waals surface area contributed by atoms with Crippen LogP contribution in [0.3, 0.4) is 0 Å². The summed E-state index contributed by atoms with van der Waals surface area (Å²) in [6.45, 7) is -1.52. The lowest BCUT2D eigenvalue weighted by Crippen LogP contribution is -2.44. The van der Waals surface area contributed by atoms with E-state index in [2.05, 4.69) is 4.74 Å². The first-order valence-corrected chi connectivity index (χ1v) is 2.79. The van der Waals surface area contributed by atoms with Crippen LogP contribution in [0, 0.1) is 0 Å². The maximum absolute atomic E-state index is 12.1. The van der Waals surface area contributed by atoms with Crippen LogP contribution in [0.2, 0.25) is 0 Å². The molecule has 0 aromatic rings. The van der Waals surface area contributed by atoms with E-state index in [-0.39, 0.29) is 0 Å². The van der Waals surface area contributed by atoms with E-state index in [1.54, 1.807) is 0 Å². The van der Waals surface area contributed by atoms with Crippen LogP contribution in [0.4, 0.5) is 26.3 Å². The minimum Gasteiger partial charge on any atom is -0.451 e. The number of alkyl halides is 6. The SMILES string of the molecule is O=[C]OCC(F)(F)C(F)C(F)(F)F. The highest BCUT2D eigenvalue weighted by molar-refractivity contribution is 5.38. The van der Waals surface area contributed by atoms with Gasteiger partial charge in [-0.15, -0.1) is 0 Å². The Labute approximate surface area is 68.5 Å². The summed E-state index contributed by atoms with van der Waals surface area (Å²) in [4.78, 5) is 9.24. The van der Waals surface area contributed by atoms with Gasteiger partial charge in [0.15, 0.2) is 6.61 Å². The van der Waals surface area contributed by atoms with E-state index in [1.807, 2.05) is 0 Å². The van der Waals surface area contributed by atoms with Crippen LogP contribution >= 0.6 is 0 Å². The van der Waals surface area contributed by atoms with Gasteiger partial charge in [0.05, 0.1) is 0 Å². The standard InChI is InChI=1S/C5H3F6O2/c6-3(5(9,10)11)4(7,8)1-13-2-12/h3H,1H2. The average Bonchev–Trinajstić information content (AvgIpc) is 1.98. The van der Waals surface area contributed by atoms with Crippen molar-refractivity contribution >= 4 is 6.47 Å². The Balaban J connectivity index is 4.34. The van der Waals surface area contributed by atoms with Crippen molar-refractivity contribution in [2.45, 2.75) is 18.3 Å². The summed E-state index contributed by atoms with van der Waals surface area (Å²) in [5, 5.41) is 0. The summed E-state index contributed by atoms with van der Waals surface area (Å²) in [5.74, 6) is -4.78. The zero-order valence-corrected chi connectivity index (χ0v) is 5.87. The van der Waals surface area contributed by atoms with Crippen molar-refractivity contribution in [2.24, 2.45) is 0 Å². The molecule has 2 nitrogen and oxygen atoms in total. The average molecular weight is 209 g/mol. The Morgan fingerprint density at radius 3 is 2.00 bits per heavy atom. The molecule has 0 rings (SSSR count). The van der Waals surface area contributed by atoms with Gasteiger partial charge in [0.25, 0.3) is 6.17 Å². The summed E-state index contributed by atoms with van der Waals surface area (Å²) in [6, 6.07) is 0. The van der Waals surface area contributed by atoms with Gasteiger partial charge in [0.1, 0.15) is 0 Å². The molecule has 0 heterocycles. The smallest absolute Gasteiger partial charge is 0.425 e. The molecule has 0 saturated heterocycles. The molecular weight excluding hydrogens is 206 g/mol. The molecule has 0 aromatic carbocycles. The molecule has 8 heteroatoms. The fourth-order valence-electron chi connectivity index (χ4n) is 0.438. The molecule has 0 fully saturated rings. The lowest BCUT2D eigenvalue weighted by Gasteiger charge is -2.20. The van der Waals surface area contributed by atoms with Gasteiger partial charge in [0.2, 0.25) is 0 Å². The Morgan fingerprint density at radius 1 is 1.23 bits per heavy atom. The van der Waals surface area contributed by atoms with E-state index in [4.69, 9.17) is 0 Å². The molecule has 1 unspecified atom stereocenters. The number of carbonyl (C=O) groups excluding carboxylic acids is 1. The highest BCUT2D eigenvalue weighted by Gasteiger charge is 2.57. The van der Waals surface area contributed by atoms with Crippen molar-refractivity contribution in [3.63, 3.8) is 0 Å². The fraction of sp³-hybridized carbons (Fsp3) is 0.800. The van der Waals surface area contributed by atoms with E-state index < -0.39 is 24.9 Å². The van der Waals surface area contributed by atoms with Gasteiger partial charge in [-0.1, -0.05) is 0 Å². The highest BCUT2D eigenvalue weighted by Crippen LogP contribution is 2.34. The number of hydrogen-bond acceptors (Lipinski definition) is 2. The zero-order chi connectivity index (χ0) is 10.7.